The Morgan fingerprint density at radius 3 is 1.12 bits per heavy atom. The molecule has 3 N–H and O–H groups in total. The van der Waals surface area contributed by atoms with Gasteiger partial charge in [-0.25, -0.2) is 0 Å². The van der Waals surface area contributed by atoms with E-state index in [4.69, 9.17) is 0 Å². The molecule has 26 heavy (non-hydrogen) atoms. The molecule has 4 nitrogen and oxygen atoms in total. The number of unbranched alkanes of at least 4 members (excludes halogenated alkanes) is 15. The first kappa shape index (κ1) is 25.8. The van der Waals surface area contributed by atoms with Gasteiger partial charge in [-0.15, -0.1) is 6.54 Å². The van der Waals surface area contributed by atoms with Crippen molar-refractivity contribution in [1.29, 1.82) is 0 Å². The summed E-state index contributed by atoms with van der Waals surface area (Å²) >= 11 is 0. The lowest BCUT2D eigenvalue weighted by Crippen LogP contribution is -2.41. The van der Waals surface area contributed by atoms with Crippen molar-refractivity contribution in [3.63, 3.8) is 0 Å². The molecule has 0 bridgehead atoms. The van der Waals surface area contributed by atoms with Crippen LogP contribution in [0, 0.1) is 0 Å². The van der Waals surface area contributed by atoms with Crippen LogP contribution in [0.5, 0.6) is 0 Å². The zero-order valence-corrected chi connectivity index (χ0v) is 17.4. The van der Waals surface area contributed by atoms with Gasteiger partial charge in [-0.3, -0.25) is 0 Å². The molecule has 0 aliphatic heterocycles. The van der Waals surface area contributed by atoms with Gasteiger partial charge in [-0.05, 0) is 0 Å². The summed E-state index contributed by atoms with van der Waals surface area (Å²) in [7, 11) is 0. The Balaban J connectivity index is 3.20. The van der Waals surface area contributed by atoms with Gasteiger partial charge in [0.05, 0.1) is 0 Å². The maximum atomic E-state index is 9.20. The molecule has 0 aliphatic rings. The van der Waals surface area contributed by atoms with E-state index in [0.29, 0.717) is 6.54 Å². The molecule has 0 rings (SSSR count). The molecular weight excluding hydrogens is 326 g/mol. The molecule has 0 unspecified atom stereocenters. The summed E-state index contributed by atoms with van der Waals surface area (Å²) in [6.45, 7) is 2.01. The second-order valence-electron chi connectivity index (χ2n) is 7.88. The second-order valence-corrected chi connectivity index (χ2v) is 7.88. The zero-order chi connectivity index (χ0) is 19.3. The Kier molecular flexibility index (Phi) is 19.5. The highest BCUT2D eigenvalue weighted by Gasteiger charge is 2.15. The quantitative estimate of drug-likeness (QED) is 0.238. The molecular formula is C22H46NO3-. The minimum atomic E-state index is -1.05. The van der Waals surface area contributed by atoms with Crippen LogP contribution < -0.4 is 0 Å². The summed E-state index contributed by atoms with van der Waals surface area (Å²) in [4.78, 5) is 0. The third-order valence-electron chi connectivity index (χ3n) is 5.34. The first-order valence-corrected chi connectivity index (χ1v) is 11.3. The molecule has 0 aromatic rings. The molecule has 0 atom stereocenters. The van der Waals surface area contributed by atoms with E-state index in [1.807, 2.05) is 0 Å². The van der Waals surface area contributed by atoms with Gasteiger partial charge >= 0.3 is 0 Å². The highest BCUT2D eigenvalue weighted by molar-refractivity contribution is 5.06. The molecule has 0 saturated carbocycles. The maximum absolute atomic E-state index is 9.20. The maximum Gasteiger partial charge on any atom is 0.0341 e. The number of hydrogen-bond acceptors (Lipinski definition) is 3. The SMILES string of the molecule is CCCCCCCCCCCCCCCCCC[N-]C(CO)(CO)CO. The zero-order valence-electron chi connectivity index (χ0n) is 17.4. The van der Waals surface area contributed by atoms with Crippen LogP contribution in [-0.4, -0.2) is 47.2 Å². The van der Waals surface area contributed by atoms with Crippen LogP contribution >= 0.6 is 0 Å². The Labute approximate surface area is 162 Å². The lowest BCUT2D eigenvalue weighted by Gasteiger charge is -2.42. The first-order chi connectivity index (χ1) is 12.7. The summed E-state index contributed by atoms with van der Waals surface area (Å²) in [5.41, 5.74) is -1.05. The molecule has 0 aromatic heterocycles. The molecule has 0 heterocycles. The summed E-state index contributed by atoms with van der Waals surface area (Å²) in [6, 6.07) is 0. The van der Waals surface area contributed by atoms with Gasteiger partial charge in [0.2, 0.25) is 0 Å². The van der Waals surface area contributed by atoms with E-state index in [2.05, 4.69) is 12.2 Å². The number of rotatable bonds is 21. The molecule has 0 spiro atoms. The van der Waals surface area contributed by atoms with E-state index in [1.165, 1.54) is 89.9 Å². The molecule has 158 valence electrons. The van der Waals surface area contributed by atoms with Crippen LogP contribution in [0.2, 0.25) is 0 Å². The van der Waals surface area contributed by atoms with Crippen molar-refractivity contribution in [3.05, 3.63) is 5.32 Å². The van der Waals surface area contributed by atoms with Gasteiger partial charge in [-0.2, -0.15) is 0 Å². The average Bonchev–Trinajstić information content (AvgIpc) is 2.68. The van der Waals surface area contributed by atoms with Gasteiger partial charge in [-0.1, -0.05) is 115 Å². The van der Waals surface area contributed by atoms with Crippen LogP contribution in [0.4, 0.5) is 0 Å². The summed E-state index contributed by atoms with van der Waals surface area (Å²) in [5, 5.41) is 31.9. The lowest BCUT2D eigenvalue weighted by molar-refractivity contribution is 0.0873. The van der Waals surface area contributed by atoms with Gasteiger partial charge in [0.15, 0.2) is 0 Å². The Bertz CT molecular complexity index is 262. The van der Waals surface area contributed by atoms with E-state index in [0.717, 1.165) is 12.8 Å². The topological polar surface area (TPSA) is 74.8 Å². The molecule has 0 saturated heterocycles. The standard InChI is InChI=1S/C22H46NO3/c1-2-3-4-5-6-7-8-9-10-11-12-13-14-15-16-17-18-23-22(19-24,20-25)21-26/h24-26H,2-21H2,1H3/q-1. The molecule has 0 radical (unpaired) electrons. The fraction of sp³-hybridized carbons (Fsp3) is 1.00. The van der Waals surface area contributed by atoms with E-state index >= 15 is 0 Å². The van der Waals surface area contributed by atoms with Crippen molar-refractivity contribution in [2.24, 2.45) is 0 Å². The Morgan fingerprint density at radius 1 is 0.500 bits per heavy atom. The molecule has 0 fully saturated rings. The average molecular weight is 373 g/mol. The predicted molar refractivity (Wildman–Crippen MR) is 112 cm³/mol. The van der Waals surface area contributed by atoms with Gasteiger partial charge in [0.25, 0.3) is 0 Å². The van der Waals surface area contributed by atoms with Crippen LogP contribution in [0.1, 0.15) is 110 Å². The fourth-order valence-corrected chi connectivity index (χ4v) is 3.28. The predicted octanol–water partition coefficient (Wildman–Crippen LogP) is 5.34. The summed E-state index contributed by atoms with van der Waals surface area (Å²) < 4.78 is 0. The summed E-state index contributed by atoms with van der Waals surface area (Å²) in [5.74, 6) is 0. The van der Waals surface area contributed by atoms with E-state index < -0.39 is 5.54 Å². The van der Waals surface area contributed by atoms with E-state index in [1.54, 1.807) is 0 Å². The Morgan fingerprint density at radius 2 is 0.808 bits per heavy atom. The molecule has 4 heteroatoms. The van der Waals surface area contributed by atoms with E-state index in [9.17, 15) is 15.3 Å². The monoisotopic (exact) mass is 372 g/mol. The minimum Gasteiger partial charge on any atom is -0.651 e. The van der Waals surface area contributed by atoms with Gasteiger partial charge in [0, 0.05) is 19.8 Å². The van der Waals surface area contributed by atoms with Crippen molar-refractivity contribution in [3.8, 4) is 0 Å². The summed E-state index contributed by atoms with van der Waals surface area (Å²) in [6.07, 6.45) is 21.4. The van der Waals surface area contributed by atoms with Crippen molar-refractivity contribution in [2.45, 2.75) is 115 Å². The minimum absolute atomic E-state index is 0.293. The third-order valence-corrected chi connectivity index (χ3v) is 5.34. The largest absolute Gasteiger partial charge is 0.651 e. The van der Waals surface area contributed by atoms with E-state index in [-0.39, 0.29) is 19.8 Å². The van der Waals surface area contributed by atoms with Crippen LogP contribution in [0.3, 0.4) is 0 Å². The van der Waals surface area contributed by atoms with Crippen molar-refractivity contribution in [2.75, 3.05) is 26.4 Å². The van der Waals surface area contributed by atoms with Gasteiger partial charge in [0.1, 0.15) is 0 Å². The first-order valence-electron chi connectivity index (χ1n) is 11.3. The van der Waals surface area contributed by atoms with Crippen LogP contribution in [0.15, 0.2) is 0 Å². The molecule has 0 aliphatic carbocycles. The second kappa shape index (κ2) is 19.6. The number of aliphatic hydroxyl groups is 3. The third kappa shape index (κ3) is 15.0. The van der Waals surface area contributed by atoms with Crippen molar-refractivity contribution < 1.29 is 15.3 Å². The fourth-order valence-electron chi connectivity index (χ4n) is 3.28. The highest BCUT2D eigenvalue weighted by atomic mass is 16.3. The molecule has 0 amide bonds. The van der Waals surface area contributed by atoms with Crippen molar-refractivity contribution >= 4 is 0 Å². The lowest BCUT2D eigenvalue weighted by atomic mass is 10.0. The van der Waals surface area contributed by atoms with Crippen LogP contribution in [-0.2, 0) is 0 Å². The normalized spacial score (nSPS) is 12.0. The van der Waals surface area contributed by atoms with Gasteiger partial charge < -0.3 is 20.6 Å². The number of aliphatic hydroxyl groups excluding tert-OH is 3. The Hall–Kier alpha value is -0.160. The van der Waals surface area contributed by atoms with Crippen LogP contribution in [0.25, 0.3) is 5.32 Å². The number of hydrogen-bond donors (Lipinski definition) is 3. The van der Waals surface area contributed by atoms with Crippen molar-refractivity contribution in [1.82, 2.24) is 0 Å². The molecule has 0 aromatic carbocycles. The highest BCUT2D eigenvalue weighted by Crippen LogP contribution is 2.18. The number of nitrogens with zero attached hydrogens (tertiary/aromatic N) is 1. The smallest absolute Gasteiger partial charge is 0.0341 e.